The third-order valence-electron chi connectivity index (χ3n) is 2.49. The summed E-state index contributed by atoms with van der Waals surface area (Å²) >= 11 is 0. The standard InChI is InChI=1S/C12H15NO3/c1-8-4-6-10(7-5-8)13(3)11(14)9(2)12(15)16/h4-7,9H,1-3H3,(H,15,16). The van der Waals surface area contributed by atoms with E-state index in [0.717, 1.165) is 5.56 Å². The van der Waals surface area contributed by atoms with Crippen LogP contribution in [0.2, 0.25) is 0 Å². The molecular weight excluding hydrogens is 206 g/mol. The minimum absolute atomic E-state index is 0.420. The van der Waals surface area contributed by atoms with Crippen molar-refractivity contribution in [2.45, 2.75) is 13.8 Å². The second-order valence-electron chi connectivity index (χ2n) is 3.79. The summed E-state index contributed by atoms with van der Waals surface area (Å²) < 4.78 is 0. The van der Waals surface area contributed by atoms with Gasteiger partial charge < -0.3 is 10.0 Å². The van der Waals surface area contributed by atoms with Gasteiger partial charge in [0.1, 0.15) is 5.92 Å². The van der Waals surface area contributed by atoms with Gasteiger partial charge in [-0.2, -0.15) is 0 Å². The molecule has 0 radical (unpaired) electrons. The molecule has 86 valence electrons. The van der Waals surface area contributed by atoms with Crippen molar-refractivity contribution < 1.29 is 14.7 Å². The van der Waals surface area contributed by atoms with Crippen LogP contribution >= 0.6 is 0 Å². The third kappa shape index (κ3) is 2.59. The van der Waals surface area contributed by atoms with Gasteiger partial charge in [0.2, 0.25) is 5.91 Å². The van der Waals surface area contributed by atoms with Gasteiger partial charge in [0.05, 0.1) is 0 Å². The Morgan fingerprint density at radius 1 is 1.25 bits per heavy atom. The quantitative estimate of drug-likeness (QED) is 0.790. The average Bonchev–Trinajstić information content (AvgIpc) is 2.27. The monoisotopic (exact) mass is 221 g/mol. The zero-order valence-electron chi connectivity index (χ0n) is 9.60. The van der Waals surface area contributed by atoms with Crippen LogP contribution in [0.25, 0.3) is 0 Å². The maximum atomic E-state index is 11.7. The maximum Gasteiger partial charge on any atom is 0.315 e. The van der Waals surface area contributed by atoms with Gasteiger partial charge in [0.15, 0.2) is 0 Å². The van der Waals surface area contributed by atoms with E-state index in [9.17, 15) is 9.59 Å². The average molecular weight is 221 g/mol. The van der Waals surface area contributed by atoms with E-state index in [1.54, 1.807) is 19.2 Å². The van der Waals surface area contributed by atoms with Gasteiger partial charge in [-0.15, -0.1) is 0 Å². The lowest BCUT2D eigenvalue weighted by atomic mass is 10.1. The largest absolute Gasteiger partial charge is 0.481 e. The zero-order valence-corrected chi connectivity index (χ0v) is 9.60. The molecule has 0 saturated heterocycles. The van der Waals surface area contributed by atoms with Crippen molar-refractivity contribution in [1.29, 1.82) is 0 Å². The SMILES string of the molecule is Cc1ccc(N(C)C(=O)C(C)C(=O)O)cc1. The number of carboxylic acids is 1. The van der Waals surface area contributed by atoms with E-state index in [0.29, 0.717) is 5.69 Å². The van der Waals surface area contributed by atoms with Gasteiger partial charge in [-0.25, -0.2) is 0 Å². The number of aryl methyl sites for hydroxylation is 1. The molecule has 1 atom stereocenters. The molecule has 16 heavy (non-hydrogen) atoms. The number of hydrogen-bond acceptors (Lipinski definition) is 2. The predicted octanol–water partition coefficient (Wildman–Crippen LogP) is 1.68. The molecule has 1 aromatic rings. The summed E-state index contributed by atoms with van der Waals surface area (Å²) in [4.78, 5) is 23.8. The fourth-order valence-corrected chi connectivity index (χ4v) is 1.29. The molecule has 1 N–H and O–H groups in total. The van der Waals surface area contributed by atoms with Gasteiger partial charge in [-0.05, 0) is 26.0 Å². The normalized spacial score (nSPS) is 11.9. The summed E-state index contributed by atoms with van der Waals surface area (Å²) in [6.45, 7) is 3.33. The van der Waals surface area contributed by atoms with E-state index in [1.807, 2.05) is 19.1 Å². The van der Waals surface area contributed by atoms with Gasteiger partial charge in [-0.1, -0.05) is 17.7 Å². The molecule has 0 aliphatic carbocycles. The topological polar surface area (TPSA) is 57.6 Å². The minimum Gasteiger partial charge on any atom is -0.481 e. The lowest BCUT2D eigenvalue weighted by molar-refractivity contribution is -0.145. The summed E-state index contributed by atoms with van der Waals surface area (Å²) in [7, 11) is 1.58. The summed E-state index contributed by atoms with van der Waals surface area (Å²) in [5.74, 6) is -2.55. The van der Waals surface area contributed by atoms with Gasteiger partial charge in [-0.3, -0.25) is 9.59 Å². The fourth-order valence-electron chi connectivity index (χ4n) is 1.29. The highest BCUT2D eigenvalue weighted by molar-refractivity contribution is 6.04. The van der Waals surface area contributed by atoms with E-state index in [-0.39, 0.29) is 0 Å². The number of nitrogens with zero attached hydrogens (tertiary/aromatic N) is 1. The summed E-state index contributed by atoms with van der Waals surface area (Å²) in [5.41, 5.74) is 1.79. The highest BCUT2D eigenvalue weighted by Crippen LogP contribution is 2.15. The molecule has 0 spiro atoms. The molecule has 0 aromatic heterocycles. The molecule has 1 rings (SSSR count). The van der Waals surface area contributed by atoms with E-state index in [2.05, 4.69) is 0 Å². The number of carbonyl (C=O) groups is 2. The molecule has 0 bridgehead atoms. The fraction of sp³-hybridized carbons (Fsp3) is 0.333. The van der Waals surface area contributed by atoms with Crippen LogP contribution in [0.15, 0.2) is 24.3 Å². The Kier molecular flexibility index (Phi) is 3.66. The Bertz CT molecular complexity index is 397. The second kappa shape index (κ2) is 4.79. The van der Waals surface area contributed by atoms with Gasteiger partial charge in [0.25, 0.3) is 0 Å². The van der Waals surface area contributed by atoms with Crippen molar-refractivity contribution in [2.75, 3.05) is 11.9 Å². The molecule has 1 amide bonds. The molecule has 4 heteroatoms. The number of aliphatic carboxylic acids is 1. The highest BCUT2D eigenvalue weighted by atomic mass is 16.4. The first-order chi connectivity index (χ1) is 7.43. The van der Waals surface area contributed by atoms with Crippen LogP contribution in [0.5, 0.6) is 0 Å². The lowest BCUT2D eigenvalue weighted by Crippen LogP contribution is -2.35. The Morgan fingerprint density at radius 3 is 2.19 bits per heavy atom. The van der Waals surface area contributed by atoms with Gasteiger partial charge in [0, 0.05) is 12.7 Å². The minimum atomic E-state index is -1.11. The van der Waals surface area contributed by atoms with Crippen LogP contribution in [0, 0.1) is 12.8 Å². The van der Waals surface area contributed by atoms with Gasteiger partial charge >= 0.3 is 5.97 Å². The number of carboxylic acid groups (broad SMARTS) is 1. The lowest BCUT2D eigenvalue weighted by Gasteiger charge is -2.19. The summed E-state index contributed by atoms with van der Waals surface area (Å²) in [5, 5.41) is 8.74. The van der Waals surface area contributed by atoms with E-state index in [1.165, 1.54) is 11.8 Å². The second-order valence-corrected chi connectivity index (χ2v) is 3.79. The molecule has 0 heterocycles. The van der Waals surface area contributed by atoms with Crippen molar-refractivity contribution in [3.05, 3.63) is 29.8 Å². The van der Waals surface area contributed by atoms with Crippen molar-refractivity contribution in [2.24, 2.45) is 5.92 Å². The Balaban J connectivity index is 2.85. The van der Waals surface area contributed by atoms with Crippen molar-refractivity contribution >= 4 is 17.6 Å². The molecule has 0 fully saturated rings. The predicted molar refractivity (Wildman–Crippen MR) is 61.4 cm³/mol. The van der Waals surface area contributed by atoms with Crippen LogP contribution in [0.1, 0.15) is 12.5 Å². The highest BCUT2D eigenvalue weighted by Gasteiger charge is 2.24. The van der Waals surface area contributed by atoms with Crippen molar-refractivity contribution in [3.63, 3.8) is 0 Å². The summed E-state index contributed by atoms with van der Waals surface area (Å²) in [6.07, 6.45) is 0. The molecule has 0 saturated carbocycles. The number of carbonyl (C=O) groups excluding carboxylic acids is 1. The zero-order chi connectivity index (χ0) is 12.3. The summed E-state index contributed by atoms with van der Waals surface area (Å²) in [6, 6.07) is 7.35. The first kappa shape index (κ1) is 12.2. The smallest absolute Gasteiger partial charge is 0.315 e. The van der Waals surface area contributed by atoms with Crippen molar-refractivity contribution in [3.8, 4) is 0 Å². The maximum absolute atomic E-state index is 11.7. The molecule has 0 aliphatic rings. The molecule has 0 aliphatic heterocycles. The Labute approximate surface area is 94.5 Å². The van der Waals surface area contributed by atoms with E-state index < -0.39 is 17.8 Å². The molecule has 1 unspecified atom stereocenters. The van der Waals surface area contributed by atoms with Crippen LogP contribution < -0.4 is 4.90 Å². The number of benzene rings is 1. The van der Waals surface area contributed by atoms with Crippen LogP contribution in [0.3, 0.4) is 0 Å². The van der Waals surface area contributed by atoms with Crippen molar-refractivity contribution in [1.82, 2.24) is 0 Å². The number of hydrogen-bond donors (Lipinski definition) is 1. The van der Waals surface area contributed by atoms with Crippen LogP contribution in [0.4, 0.5) is 5.69 Å². The first-order valence-electron chi connectivity index (χ1n) is 5.00. The molecule has 4 nitrogen and oxygen atoms in total. The molecular formula is C12H15NO3. The molecule has 1 aromatic carbocycles. The van der Waals surface area contributed by atoms with E-state index >= 15 is 0 Å². The third-order valence-corrected chi connectivity index (χ3v) is 2.49. The van der Waals surface area contributed by atoms with Crippen LogP contribution in [-0.4, -0.2) is 24.0 Å². The first-order valence-corrected chi connectivity index (χ1v) is 5.00. The number of rotatable bonds is 3. The Morgan fingerprint density at radius 2 is 1.75 bits per heavy atom. The Hall–Kier alpha value is -1.84. The number of anilines is 1. The van der Waals surface area contributed by atoms with Crippen LogP contribution in [-0.2, 0) is 9.59 Å². The number of amides is 1. The van der Waals surface area contributed by atoms with E-state index in [4.69, 9.17) is 5.11 Å².